The second-order valence-electron chi connectivity index (χ2n) is 5.28. The SMILES string of the molecule is Nc1ccccc1OCCC(=O)N1CCCCCCC1. The highest BCUT2D eigenvalue weighted by Gasteiger charge is 2.14. The molecular weight excluding hydrogens is 252 g/mol. The quantitative estimate of drug-likeness (QED) is 0.860. The molecule has 0 unspecified atom stereocenters. The minimum atomic E-state index is 0.196. The number of likely N-dealkylation sites (tertiary alicyclic amines) is 1. The van der Waals surface area contributed by atoms with Crippen molar-refractivity contribution in [1.82, 2.24) is 4.90 Å². The number of rotatable bonds is 4. The third-order valence-corrected chi connectivity index (χ3v) is 3.70. The van der Waals surface area contributed by atoms with Gasteiger partial charge in [-0.2, -0.15) is 0 Å². The van der Waals surface area contributed by atoms with E-state index in [4.69, 9.17) is 10.5 Å². The normalized spacial score (nSPS) is 16.3. The third kappa shape index (κ3) is 4.44. The number of nitrogen functional groups attached to an aromatic ring is 1. The minimum absolute atomic E-state index is 0.196. The lowest BCUT2D eigenvalue weighted by molar-refractivity contribution is -0.132. The smallest absolute Gasteiger partial charge is 0.225 e. The lowest BCUT2D eigenvalue weighted by Gasteiger charge is -2.24. The zero-order chi connectivity index (χ0) is 14.2. The minimum Gasteiger partial charge on any atom is -0.491 e. The van der Waals surface area contributed by atoms with Gasteiger partial charge >= 0.3 is 0 Å². The van der Waals surface area contributed by atoms with E-state index in [1.165, 1.54) is 19.3 Å². The second-order valence-corrected chi connectivity index (χ2v) is 5.28. The van der Waals surface area contributed by atoms with Crippen molar-refractivity contribution >= 4 is 11.6 Å². The Bertz CT molecular complexity index is 426. The Morgan fingerprint density at radius 2 is 1.75 bits per heavy atom. The Balaban J connectivity index is 1.75. The lowest BCUT2D eigenvalue weighted by Crippen LogP contribution is -2.34. The van der Waals surface area contributed by atoms with Gasteiger partial charge in [0.2, 0.25) is 5.91 Å². The molecule has 1 fully saturated rings. The van der Waals surface area contributed by atoms with Crippen LogP contribution in [0.3, 0.4) is 0 Å². The van der Waals surface area contributed by atoms with E-state index in [0.717, 1.165) is 25.9 Å². The number of nitrogens with zero attached hydrogens (tertiary/aromatic N) is 1. The summed E-state index contributed by atoms with van der Waals surface area (Å²) in [6, 6.07) is 7.38. The van der Waals surface area contributed by atoms with E-state index in [-0.39, 0.29) is 5.91 Å². The first kappa shape index (κ1) is 14.7. The van der Waals surface area contributed by atoms with Crippen LogP contribution in [0.25, 0.3) is 0 Å². The Kier molecular flexibility index (Phi) is 5.71. The molecular formula is C16H24N2O2. The van der Waals surface area contributed by atoms with Crippen molar-refractivity contribution in [1.29, 1.82) is 0 Å². The van der Waals surface area contributed by atoms with Crippen LogP contribution in [0.2, 0.25) is 0 Å². The first-order valence-corrected chi connectivity index (χ1v) is 7.52. The Morgan fingerprint density at radius 3 is 2.45 bits per heavy atom. The van der Waals surface area contributed by atoms with E-state index in [1.54, 1.807) is 6.07 Å². The maximum atomic E-state index is 12.2. The molecule has 0 spiro atoms. The average Bonchev–Trinajstić information content (AvgIpc) is 2.40. The molecule has 4 heteroatoms. The van der Waals surface area contributed by atoms with Gasteiger partial charge in [-0.3, -0.25) is 4.79 Å². The Morgan fingerprint density at radius 1 is 1.10 bits per heavy atom. The van der Waals surface area contributed by atoms with Crippen molar-refractivity contribution in [3.63, 3.8) is 0 Å². The summed E-state index contributed by atoms with van der Waals surface area (Å²) in [7, 11) is 0. The van der Waals surface area contributed by atoms with Crippen molar-refractivity contribution in [2.75, 3.05) is 25.4 Å². The zero-order valence-electron chi connectivity index (χ0n) is 12.0. The Labute approximate surface area is 120 Å². The summed E-state index contributed by atoms with van der Waals surface area (Å²) >= 11 is 0. The molecule has 1 aliphatic rings. The summed E-state index contributed by atoms with van der Waals surface area (Å²) in [5.74, 6) is 0.856. The van der Waals surface area contributed by atoms with Gasteiger partial charge in [0.05, 0.1) is 18.7 Å². The highest BCUT2D eigenvalue weighted by Crippen LogP contribution is 2.20. The first-order valence-electron chi connectivity index (χ1n) is 7.52. The summed E-state index contributed by atoms with van der Waals surface area (Å²) in [6.45, 7) is 2.18. The first-order chi connectivity index (χ1) is 9.77. The zero-order valence-corrected chi connectivity index (χ0v) is 12.0. The van der Waals surface area contributed by atoms with Crippen LogP contribution in [0.4, 0.5) is 5.69 Å². The monoisotopic (exact) mass is 276 g/mol. The van der Waals surface area contributed by atoms with Crippen molar-refractivity contribution in [2.45, 2.75) is 38.5 Å². The molecule has 2 N–H and O–H groups in total. The summed E-state index contributed by atoms with van der Waals surface area (Å²) < 4.78 is 5.58. The molecule has 0 aliphatic carbocycles. The van der Waals surface area contributed by atoms with Gasteiger partial charge in [0.15, 0.2) is 0 Å². The van der Waals surface area contributed by atoms with Gasteiger partial charge in [0.25, 0.3) is 0 Å². The standard InChI is InChI=1S/C16H24N2O2/c17-14-8-4-5-9-15(14)20-13-10-16(19)18-11-6-2-1-3-7-12-18/h4-5,8-9H,1-3,6-7,10-13,17H2. The van der Waals surface area contributed by atoms with Crippen LogP contribution >= 0.6 is 0 Å². The summed E-state index contributed by atoms with van der Waals surface area (Å²) in [4.78, 5) is 14.1. The van der Waals surface area contributed by atoms with Gasteiger partial charge in [-0.15, -0.1) is 0 Å². The lowest BCUT2D eigenvalue weighted by atomic mass is 10.1. The van der Waals surface area contributed by atoms with Crippen LogP contribution in [0.15, 0.2) is 24.3 Å². The fourth-order valence-electron chi connectivity index (χ4n) is 2.52. The second kappa shape index (κ2) is 7.78. The molecule has 0 atom stereocenters. The molecule has 1 amide bonds. The number of hydrogen-bond donors (Lipinski definition) is 1. The summed E-state index contributed by atoms with van der Waals surface area (Å²) in [5, 5.41) is 0. The van der Waals surface area contributed by atoms with Crippen molar-refractivity contribution < 1.29 is 9.53 Å². The van der Waals surface area contributed by atoms with Gasteiger partial charge in [-0.25, -0.2) is 0 Å². The largest absolute Gasteiger partial charge is 0.491 e. The summed E-state index contributed by atoms with van der Waals surface area (Å²) in [6.07, 6.45) is 6.45. The predicted octanol–water partition coefficient (Wildman–Crippen LogP) is 2.83. The molecule has 0 radical (unpaired) electrons. The number of carbonyl (C=O) groups excluding carboxylic acids is 1. The number of carbonyl (C=O) groups is 1. The van der Waals surface area contributed by atoms with Crippen molar-refractivity contribution in [3.05, 3.63) is 24.3 Å². The Hall–Kier alpha value is -1.71. The van der Waals surface area contributed by atoms with Crippen LogP contribution in [0, 0.1) is 0 Å². The highest BCUT2D eigenvalue weighted by atomic mass is 16.5. The fraction of sp³-hybridized carbons (Fsp3) is 0.562. The molecule has 4 nitrogen and oxygen atoms in total. The molecule has 1 aliphatic heterocycles. The van der Waals surface area contributed by atoms with E-state index in [2.05, 4.69) is 0 Å². The number of benzene rings is 1. The van der Waals surface area contributed by atoms with Crippen LogP contribution in [0.5, 0.6) is 5.75 Å². The number of anilines is 1. The maximum Gasteiger partial charge on any atom is 0.225 e. The predicted molar refractivity (Wildman–Crippen MR) is 80.6 cm³/mol. The maximum absolute atomic E-state index is 12.2. The molecule has 1 heterocycles. The van der Waals surface area contributed by atoms with Crippen LogP contribution in [-0.2, 0) is 4.79 Å². The topological polar surface area (TPSA) is 55.6 Å². The molecule has 2 rings (SSSR count). The fourth-order valence-corrected chi connectivity index (χ4v) is 2.52. The van der Waals surface area contributed by atoms with Crippen molar-refractivity contribution in [3.8, 4) is 5.75 Å². The number of amides is 1. The number of nitrogens with two attached hydrogens (primary N) is 1. The molecule has 20 heavy (non-hydrogen) atoms. The highest BCUT2D eigenvalue weighted by molar-refractivity contribution is 5.76. The van der Waals surface area contributed by atoms with E-state index in [0.29, 0.717) is 24.5 Å². The van der Waals surface area contributed by atoms with E-state index < -0.39 is 0 Å². The number of ether oxygens (including phenoxy) is 1. The van der Waals surface area contributed by atoms with Crippen molar-refractivity contribution in [2.24, 2.45) is 0 Å². The van der Waals surface area contributed by atoms with Crippen LogP contribution in [-0.4, -0.2) is 30.5 Å². The molecule has 0 aromatic heterocycles. The molecule has 110 valence electrons. The van der Waals surface area contributed by atoms with E-state index in [9.17, 15) is 4.79 Å². The van der Waals surface area contributed by atoms with Gasteiger partial charge in [-0.1, -0.05) is 31.4 Å². The van der Waals surface area contributed by atoms with Gasteiger partial charge in [0, 0.05) is 13.1 Å². The molecule has 0 saturated carbocycles. The molecule has 1 saturated heterocycles. The molecule has 1 aromatic carbocycles. The van der Waals surface area contributed by atoms with Gasteiger partial charge in [0.1, 0.15) is 5.75 Å². The van der Waals surface area contributed by atoms with Crippen LogP contribution in [0.1, 0.15) is 38.5 Å². The molecule has 0 bridgehead atoms. The number of para-hydroxylation sites is 2. The van der Waals surface area contributed by atoms with E-state index in [1.807, 2.05) is 23.1 Å². The molecule has 1 aromatic rings. The van der Waals surface area contributed by atoms with Crippen LogP contribution < -0.4 is 10.5 Å². The van der Waals surface area contributed by atoms with E-state index >= 15 is 0 Å². The number of hydrogen-bond acceptors (Lipinski definition) is 3. The average molecular weight is 276 g/mol. The summed E-state index contributed by atoms with van der Waals surface area (Å²) in [5.41, 5.74) is 6.41. The third-order valence-electron chi connectivity index (χ3n) is 3.70. The van der Waals surface area contributed by atoms with Gasteiger partial charge < -0.3 is 15.4 Å². The van der Waals surface area contributed by atoms with Gasteiger partial charge in [-0.05, 0) is 25.0 Å².